The fourth-order valence-corrected chi connectivity index (χ4v) is 4.07. The van der Waals surface area contributed by atoms with Crippen molar-refractivity contribution in [3.8, 4) is 0 Å². The minimum absolute atomic E-state index is 0.342. The van der Waals surface area contributed by atoms with Gasteiger partial charge in [-0.15, -0.1) is 0 Å². The van der Waals surface area contributed by atoms with Crippen molar-refractivity contribution in [3.63, 3.8) is 0 Å². The molecule has 0 unspecified atom stereocenters. The third kappa shape index (κ3) is 4.01. The molecule has 0 spiro atoms. The molecule has 2 N–H and O–H groups in total. The van der Waals surface area contributed by atoms with E-state index >= 15 is 0 Å². The molecule has 0 amide bonds. The number of fused-ring (bicyclic) bond motifs is 1. The van der Waals surface area contributed by atoms with E-state index in [0.29, 0.717) is 47.5 Å². The monoisotopic (exact) mass is 455 g/mol. The number of nitrogens with one attached hydrogen (secondary N) is 2. The number of ether oxygens (including phenoxy) is 1. The molecule has 5 rings (SSSR count). The fraction of sp³-hybridized carbons (Fsp3) is 0.318. The predicted molar refractivity (Wildman–Crippen MR) is 122 cm³/mol. The Hall–Kier alpha value is -3.17. The Bertz CT molecular complexity index is 1280. The van der Waals surface area contributed by atoms with Crippen molar-refractivity contribution in [3.05, 3.63) is 63.7 Å². The third-order valence-electron chi connectivity index (χ3n) is 5.55. The lowest BCUT2D eigenvalue weighted by molar-refractivity contribution is 0.122. The van der Waals surface area contributed by atoms with E-state index in [4.69, 9.17) is 26.4 Å². The lowest BCUT2D eigenvalue weighted by Crippen LogP contribution is -2.37. The SMILES string of the molecule is Cc1cc(Nc2cc(N3CCOCC3)n3nc(C)c(Cc4ccc(Cl)cc4F)c3n2)n[nH]1. The molecule has 10 heteroatoms. The highest BCUT2D eigenvalue weighted by molar-refractivity contribution is 6.30. The summed E-state index contributed by atoms with van der Waals surface area (Å²) < 4.78 is 21.9. The van der Waals surface area contributed by atoms with Gasteiger partial charge in [0.15, 0.2) is 11.5 Å². The third-order valence-corrected chi connectivity index (χ3v) is 5.78. The minimum atomic E-state index is -0.342. The Kier molecular flexibility index (Phi) is 5.44. The number of rotatable bonds is 5. The molecular weight excluding hydrogens is 433 g/mol. The van der Waals surface area contributed by atoms with Gasteiger partial charge in [-0.2, -0.15) is 14.7 Å². The summed E-state index contributed by atoms with van der Waals surface area (Å²) in [5.41, 5.74) is 3.83. The highest BCUT2D eigenvalue weighted by atomic mass is 35.5. The molecule has 0 atom stereocenters. The predicted octanol–water partition coefficient (Wildman–Crippen LogP) is 4.03. The Morgan fingerprint density at radius 3 is 2.69 bits per heavy atom. The van der Waals surface area contributed by atoms with Crippen LogP contribution in [0.5, 0.6) is 0 Å². The van der Waals surface area contributed by atoms with Crippen LogP contribution in [0.15, 0.2) is 30.3 Å². The van der Waals surface area contributed by atoms with E-state index < -0.39 is 0 Å². The van der Waals surface area contributed by atoms with E-state index in [9.17, 15) is 4.39 Å². The largest absolute Gasteiger partial charge is 0.378 e. The van der Waals surface area contributed by atoms with Gasteiger partial charge in [-0.05, 0) is 31.5 Å². The molecule has 4 heterocycles. The quantitative estimate of drug-likeness (QED) is 0.472. The molecule has 32 heavy (non-hydrogen) atoms. The van der Waals surface area contributed by atoms with E-state index in [-0.39, 0.29) is 5.82 Å². The van der Waals surface area contributed by atoms with Crippen LogP contribution in [0.2, 0.25) is 5.02 Å². The van der Waals surface area contributed by atoms with Gasteiger partial charge in [-0.25, -0.2) is 9.37 Å². The molecule has 166 valence electrons. The highest BCUT2D eigenvalue weighted by Gasteiger charge is 2.21. The zero-order valence-corrected chi connectivity index (χ0v) is 18.6. The first-order valence-corrected chi connectivity index (χ1v) is 10.8. The van der Waals surface area contributed by atoms with Gasteiger partial charge in [0, 0.05) is 47.9 Å². The average Bonchev–Trinajstić information content (AvgIpc) is 3.32. The van der Waals surface area contributed by atoms with Crippen LogP contribution in [0.25, 0.3) is 5.65 Å². The summed E-state index contributed by atoms with van der Waals surface area (Å²) in [5, 5.41) is 15.6. The van der Waals surface area contributed by atoms with E-state index in [0.717, 1.165) is 35.9 Å². The Balaban J connectivity index is 1.62. The molecule has 0 radical (unpaired) electrons. The number of aromatic amines is 1. The Morgan fingerprint density at radius 2 is 1.97 bits per heavy atom. The molecule has 1 saturated heterocycles. The number of H-pyrrole nitrogens is 1. The van der Waals surface area contributed by atoms with Gasteiger partial charge in [0.1, 0.15) is 17.5 Å². The Morgan fingerprint density at radius 1 is 1.16 bits per heavy atom. The van der Waals surface area contributed by atoms with Gasteiger partial charge in [0.05, 0.1) is 18.9 Å². The molecule has 0 aliphatic carbocycles. The lowest BCUT2D eigenvalue weighted by atomic mass is 10.0. The van der Waals surface area contributed by atoms with Crippen LogP contribution < -0.4 is 10.2 Å². The van der Waals surface area contributed by atoms with Crippen molar-refractivity contribution in [2.45, 2.75) is 20.3 Å². The normalized spacial score (nSPS) is 14.3. The highest BCUT2D eigenvalue weighted by Crippen LogP contribution is 2.28. The topological polar surface area (TPSA) is 83.4 Å². The molecule has 4 aromatic rings. The van der Waals surface area contributed by atoms with Crippen LogP contribution in [0.4, 0.5) is 21.8 Å². The fourth-order valence-electron chi connectivity index (χ4n) is 3.91. The number of morpholine rings is 1. The number of halogens is 2. The zero-order chi connectivity index (χ0) is 22.2. The molecule has 8 nitrogen and oxygen atoms in total. The van der Waals surface area contributed by atoms with Crippen LogP contribution in [0.3, 0.4) is 0 Å². The first kappa shape index (κ1) is 20.7. The number of benzene rings is 1. The molecule has 1 aromatic carbocycles. The summed E-state index contributed by atoms with van der Waals surface area (Å²) in [6.45, 7) is 6.65. The molecule has 0 bridgehead atoms. The summed E-state index contributed by atoms with van der Waals surface area (Å²) in [6, 6.07) is 8.60. The van der Waals surface area contributed by atoms with Crippen molar-refractivity contribution in [1.29, 1.82) is 0 Å². The van der Waals surface area contributed by atoms with Crippen LogP contribution in [0.1, 0.15) is 22.5 Å². The lowest BCUT2D eigenvalue weighted by Gasteiger charge is -2.29. The second kappa shape index (κ2) is 8.40. The van der Waals surface area contributed by atoms with Gasteiger partial charge in [-0.3, -0.25) is 5.10 Å². The zero-order valence-electron chi connectivity index (χ0n) is 17.8. The molecule has 3 aromatic heterocycles. The maximum atomic E-state index is 14.5. The van der Waals surface area contributed by atoms with E-state index in [1.807, 2.05) is 30.5 Å². The minimum Gasteiger partial charge on any atom is -0.378 e. The van der Waals surface area contributed by atoms with Crippen molar-refractivity contribution >= 4 is 34.7 Å². The maximum Gasteiger partial charge on any atom is 0.163 e. The number of hydrogen-bond acceptors (Lipinski definition) is 6. The van der Waals surface area contributed by atoms with Crippen molar-refractivity contribution < 1.29 is 9.13 Å². The van der Waals surface area contributed by atoms with Crippen molar-refractivity contribution in [2.24, 2.45) is 0 Å². The summed E-state index contributed by atoms with van der Waals surface area (Å²) >= 11 is 5.93. The summed E-state index contributed by atoms with van der Waals surface area (Å²) in [5.74, 6) is 1.88. The van der Waals surface area contributed by atoms with Crippen LogP contribution in [-0.4, -0.2) is 51.1 Å². The van der Waals surface area contributed by atoms with Gasteiger partial charge < -0.3 is 15.0 Å². The van der Waals surface area contributed by atoms with Gasteiger partial charge >= 0.3 is 0 Å². The van der Waals surface area contributed by atoms with Crippen LogP contribution in [0, 0.1) is 19.7 Å². The van der Waals surface area contributed by atoms with Crippen LogP contribution in [-0.2, 0) is 11.2 Å². The summed E-state index contributed by atoms with van der Waals surface area (Å²) in [4.78, 5) is 7.05. The number of anilines is 3. The molecule has 1 fully saturated rings. The van der Waals surface area contributed by atoms with Crippen molar-refractivity contribution in [2.75, 3.05) is 36.5 Å². The first-order chi connectivity index (χ1) is 15.5. The Labute approximate surface area is 189 Å². The molecule has 0 saturated carbocycles. The van der Waals surface area contributed by atoms with Gasteiger partial charge in [0.2, 0.25) is 0 Å². The summed E-state index contributed by atoms with van der Waals surface area (Å²) in [7, 11) is 0. The molecular formula is C22H23ClFN7O. The molecule has 1 aliphatic rings. The molecule has 1 aliphatic heterocycles. The summed E-state index contributed by atoms with van der Waals surface area (Å²) in [6.07, 6.45) is 0.360. The van der Waals surface area contributed by atoms with E-state index in [2.05, 4.69) is 20.4 Å². The first-order valence-electron chi connectivity index (χ1n) is 10.4. The second-order valence-corrected chi connectivity index (χ2v) is 8.31. The smallest absolute Gasteiger partial charge is 0.163 e. The van der Waals surface area contributed by atoms with Gasteiger partial charge in [-0.1, -0.05) is 17.7 Å². The standard InChI is InChI=1S/C22H23ClFN7O/c1-13-9-20(28-27-13)25-19-12-21(30-5-7-32-8-6-30)31-22(26-19)17(14(2)29-31)10-15-3-4-16(23)11-18(15)24/h3-4,9,11-12H,5-8,10H2,1-2H3,(H2,25,26,27,28). The maximum absolute atomic E-state index is 14.5. The van der Waals surface area contributed by atoms with E-state index in [1.54, 1.807) is 12.1 Å². The van der Waals surface area contributed by atoms with E-state index in [1.165, 1.54) is 6.07 Å². The number of aromatic nitrogens is 5. The number of nitrogens with zero attached hydrogens (tertiary/aromatic N) is 5. The second-order valence-electron chi connectivity index (χ2n) is 7.87. The number of hydrogen-bond donors (Lipinski definition) is 2. The average molecular weight is 456 g/mol. The van der Waals surface area contributed by atoms with Crippen molar-refractivity contribution in [1.82, 2.24) is 24.8 Å². The van der Waals surface area contributed by atoms with Crippen LogP contribution >= 0.6 is 11.6 Å². The number of aryl methyl sites for hydroxylation is 2. The van der Waals surface area contributed by atoms with Gasteiger partial charge in [0.25, 0.3) is 0 Å².